The molecule has 0 aliphatic carbocycles. The Morgan fingerprint density at radius 1 is 1.17 bits per heavy atom. The molecule has 7 nitrogen and oxygen atoms in total. The zero-order valence-electron chi connectivity index (χ0n) is 19.0. The van der Waals surface area contributed by atoms with E-state index in [1.165, 1.54) is 16.7 Å². The third-order valence-corrected chi connectivity index (χ3v) is 8.97. The van der Waals surface area contributed by atoms with Crippen molar-refractivity contribution in [2.24, 2.45) is 0 Å². The van der Waals surface area contributed by atoms with Gasteiger partial charge in [-0.3, -0.25) is 9.69 Å². The van der Waals surface area contributed by atoms with Crippen LogP contribution in [0.1, 0.15) is 18.9 Å². The number of amides is 1. The molecule has 2 saturated heterocycles. The quantitative estimate of drug-likeness (QED) is 0.350. The van der Waals surface area contributed by atoms with Gasteiger partial charge in [-0.05, 0) is 55.8 Å². The Labute approximate surface area is 213 Å². The van der Waals surface area contributed by atoms with Gasteiger partial charge in [0.25, 0.3) is 5.91 Å². The fourth-order valence-electron chi connectivity index (χ4n) is 4.22. The summed E-state index contributed by atoms with van der Waals surface area (Å²) in [4.78, 5) is 15.2. The maximum absolute atomic E-state index is 13.3. The van der Waals surface area contributed by atoms with Gasteiger partial charge in [-0.2, -0.15) is 5.10 Å². The molecule has 10 heteroatoms. The molecule has 0 N–H and O–H groups in total. The molecule has 1 unspecified atom stereocenters. The molecule has 2 fully saturated rings. The number of hydrogen-bond acceptors (Lipinski definition) is 7. The van der Waals surface area contributed by atoms with E-state index in [1.54, 1.807) is 10.8 Å². The monoisotopic (exact) mass is 525 g/mol. The standard InChI is InChI=1S/C25H23N3O4S3/c1-2-32-21-10-8-17(9-11-21)23-18(15-27(26-23)19-6-4-3-5-7-19)14-22-24(29)28(25(33)34-22)20-12-13-35(30,31)16-20/h3-11,14-15,20H,2,12-13,16H2,1H3/b22-14+. The number of nitrogens with zero attached hydrogens (tertiary/aromatic N) is 3. The number of rotatable bonds is 6. The van der Waals surface area contributed by atoms with Gasteiger partial charge in [0.1, 0.15) is 10.1 Å². The van der Waals surface area contributed by atoms with E-state index in [2.05, 4.69) is 0 Å². The number of aromatic nitrogens is 2. The van der Waals surface area contributed by atoms with Crippen molar-refractivity contribution in [3.8, 4) is 22.7 Å². The average molecular weight is 526 g/mol. The highest BCUT2D eigenvalue weighted by molar-refractivity contribution is 8.26. The highest BCUT2D eigenvalue weighted by Crippen LogP contribution is 2.38. The van der Waals surface area contributed by atoms with Crippen LogP contribution in [0.2, 0.25) is 0 Å². The van der Waals surface area contributed by atoms with E-state index in [4.69, 9.17) is 22.1 Å². The lowest BCUT2D eigenvalue weighted by atomic mass is 10.1. The van der Waals surface area contributed by atoms with E-state index >= 15 is 0 Å². The molecule has 35 heavy (non-hydrogen) atoms. The summed E-state index contributed by atoms with van der Waals surface area (Å²) in [5.41, 5.74) is 3.25. The van der Waals surface area contributed by atoms with E-state index in [-0.39, 0.29) is 17.4 Å². The molecule has 2 aliphatic heterocycles. The third-order valence-electron chi connectivity index (χ3n) is 5.89. The molecule has 3 heterocycles. The topological polar surface area (TPSA) is 81.5 Å². The number of thiocarbonyl (C=S) groups is 1. The van der Waals surface area contributed by atoms with Crippen molar-refractivity contribution in [1.82, 2.24) is 14.7 Å². The van der Waals surface area contributed by atoms with Crippen molar-refractivity contribution in [3.05, 3.63) is 71.3 Å². The van der Waals surface area contributed by atoms with Gasteiger partial charge in [0.05, 0.1) is 40.4 Å². The molecule has 5 rings (SSSR count). The van der Waals surface area contributed by atoms with Crippen LogP contribution >= 0.6 is 24.0 Å². The van der Waals surface area contributed by atoms with Gasteiger partial charge in [0, 0.05) is 17.3 Å². The van der Waals surface area contributed by atoms with E-state index in [0.717, 1.165) is 22.6 Å². The summed E-state index contributed by atoms with van der Waals surface area (Å²) in [6.45, 7) is 2.52. The third kappa shape index (κ3) is 4.91. The first-order chi connectivity index (χ1) is 16.8. The molecule has 180 valence electrons. The SMILES string of the molecule is CCOc1ccc(-c2nn(-c3ccccc3)cc2/C=C2/SC(=S)N(C3CCS(=O)(=O)C3)C2=O)cc1. The molecule has 1 aromatic heterocycles. The Kier molecular flexibility index (Phi) is 6.52. The fourth-order valence-corrected chi connectivity index (χ4v) is 7.31. The highest BCUT2D eigenvalue weighted by Gasteiger charge is 2.42. The lowest BCUT2D eigenvalue weighted by Crippen LogP contribution is -2.39. The maximum atomic E-state index is 13.3. The normalized spacial score (nSPS) is 20.7. The molecule has 2 aromatic carbocycles. The minimum absolute atomic E-state index is 0.0455. The zero-order valence-corrected chi connectivity index (χ0v) is 21.4. The van der Waals surface area contributed by atoms with Crippen LogP contribution in [0.25, 0.3) is 23.0 Å². The largest absolute Gasteiger partial charge is 0.494 e. The minimum Gasteiger partial charge on any atom is -0.494 e. The smallest absolute Gasteiger partial charge is 0.266 e. The number of carbonyl (C=O) groups is 1. The first-order valence-electron chi connectivity index (χ1n) is 11.2. The summed E-state index contributed by atoms with van der Waals surface area (Å²) in [5, 5.41) is 4.81. The summed E-state index contributed by atoms with van der Waals surface area (Å²) in [7, 11) is -3.14. The first-order valence-corrected chi connectivity index (χ1v) is 14.2. The number of sulfone groups is 1. The Morgan fingerprint density at radius 3 is 2.57 bits per heavy atom. The number of ether oxygens (including phenoxy) is 1. The van der Waals surface area contributed by atoms with Gasteiger partial charge in [0.2, 0.25) is 0 Å². The number of carbonyl (C=O) groups excluding carboxylic acids is 1. The van der Waals surface area contributed by atoms with Gasteiger partial charge in [-0.15, -0.1) is 0 Å². The van der Waals surface area contributed by atoms with Crippen molar-refractivity contribution in [3.63, 3.8) is 0 Å². The lowest BCUT2D eigenvalue weighted by Gasteiger charge is -2.20. The summed E-state index contributed by atoms with van der Waals surface area (Å²) in [5.74, 6) is 0.551. The van der Waals surface area contributed by atoms with Gasteiger partial charge < -0.3 is 4.74 Å². The van der Waals surface area contributed by atoms with Crippen LogP contribution in [0.4, 0.5) is 0 Å². The van der Waals surface area contributed by atoms with Crippen LogP contribution < -0.4 is 4.74 Å². The van der Waals surface area contributed by atoms with Crippen LogP contribution in [-0.4, -0.2) is 57.5 Å². The van der Waals surface area contributed by atoms with Crippen molar-refractivity contribution in [2.75, 3.05) is 18.1 Å². The zero-order chi connectivity index (χ0) is 24.6. The van der Waals surface area contributed by atoms with Crippen LogP contribution in [0.5, 0.6) is 5.75 Å². The average Bonchev–Trinajstić information content (AvgIpc) is 3.50. The second-order valence-electron chi connectivity index (χ2n) is 8.28. The summed E-state index contributed by atoms with van der Waals surface area (Å²) in [6.07, 6.45) is 4.08. The molecular weight excluding hydrogens is 502 g/mol. The van der Waals surface area contributed by atoms with Gasteiger partial charge in [0.15, 0.2) is 9.84 Å². The molecule has 2 aliphatic rings. The number of para-hydroxylation sites is 1. The van der Waals surface area contributed by atoms with Crippen molar-refractivity contribution in [1.29, 1.82) is 0 Å². The summed E-state index contributed by atoms with van der Waals surface area (Å²) < 4.78 is 31.7. The van der Waals surface area contributed by atoms with E-state index in [0.29, 0.717) is 27.9 Å². The Morgan fingerprint density at radius 2 is 1.91 bits per heavy atom. The summed E-state index contributed by atoms with van der Waals surface area (Å²) >= 11 is 6.67. The molecule has 0 saturated carbocycles. The van der Waals surface area contributed by atoms with Gasteiger partial charge in [-0.25, -0.2) is 13.1 Å². The Bertz CT molecular complexity index is 1410. The lowest BCUT2D eigenvalue weighted by molar-refractivity contribution is -0.123. The minimum atomic E-state index is -3.14. The van der Waals surface area contributed by atoms with E-state index in [1.807, 2.05) is 67.7 Å². The van der Waals surface area contributed by atoms with Crippen LogP contribution in [0, 0.1) is 0 Å². The molecule has 1 atom stereocenters. The predicted molar refractivity (Wildman–Crippen MR) is 142 cm³/mol. The van der Waals surface area contributed by atoms with E-state index in [9.17, 15) is 13.2 Å². The Balaban J connectivity index is 1.52. The maximum Gasteiger partial charge on any atom is 0.266 e. The number of benzene rings is 2. The van der Waals surface area contributed by atoms with Crippen molar-refractivity contribution < 1.29 is 17.9 Å². The second-order valence-corrected chi connectivity index (χ2v) is 12.2. The second kappa shape index (κ2) is 9.60. The van der Waals surface area contributed by atoms with Crippen molar-refractivity contribution >= 4 is 50.1 Å². The Hall–Kier alpha value is -2.95. The molecule has 3 aromatic rings. The fraction of sp³-hybridized carbons (Fsp3) is 0.240. The van der Waals surface area contributed by atoms with Gasteiger partial charge in [-0.1, -0.05) is 42.2 Å². The van der Waals surface area contributed by atoms with Crippen LogP contribution in [0.3, 0.4) is 0 Å². The van der Waals surface area contributed by atoms with Crippen LogP contribution in [0.15, 0.2) is 65.7 Å². The first kappa shape index (κ1) is 23.8. The van der Waals surface area contributed by atoms with Gasteiger partial charge >= 0.3 is 0 Å². The predicted octanol–water partition coefficient (Wildman–Crippen LogP) is 4.33. The number of hydrogen-bond donors (Lipinski definition) is 0. The summed E-state index contributed by atoms with van der Waals surface area (Å²) in [6, 6.07) is 17.0. The molecule has 0 radical (unpaired) electrons. The molecular formula is C25H23N3O4S3. The van der Waals surface area contributed by atoms with Crippen molar-refractivity contribution in [2.45, 2.75) is 19.4 Å². The molecule has 0 bridgehead atoms. The van der Waals surface area contributed by atoms with E-state index < -0.39 is 15.9 Å². The molecule has 1 amide bonds. The highest BCUT2D eigenvalue weighted by atomic mass is 32.2. The van der Waals surface area contributed by atoms with Crippen LogP contribution in [-0.2, 0) is 14.6 Å². The molecule has 0 spiro atoms. The number of thioether (sulfide) groups is 1.